The molecule has 0 aliphatic heterocycles. The van der Waals surface area contributed by atoms with Crippen LogP contribution in [0.3, 0.4) is 0 Å². The van der Waals surface area contributed by atoms with Gasteiger partial charge in [0.15, 0.2) is 0 Å². The molecule has 3 heteroatoms. The van der Waals surface area contributed by atoms with Gasteiger partial charge >= 0.3 is 0 Å². The fraction of sp³-hybridized carbons (Fsp3) is 0.400. The first-order valence-electron chi connectivity index (χ1n) is 8.07. The minimum Gasteiger partial charge on any atom is -0.497 e. The summed E-state index contributed by atoms with van der Waals surface area (Å²) in [6, 6.07) is 15.8. The van der Waals surface area contributed by atoms with Gasteiger partial charge in [0.1, 0.15) is 11.5 Å². The number of benzene rings is 2. The molecule has 1 N–H and O–H groups in total. The van der Waals surface area contributed by atoms with Crippen molar-refractivity contribution in [3.8, 4) is 11.5 Å². The normalized spacial score (nSPS) is 11.3. The van der Waals surface area contributed by atoms with Gasteiger partial charge in [0.2, 0.25) is 0 Å². The van der Waals surface area contributed by atoms with E-state index in [1.165, 1.54) is 0 Å². The average molecular weight is 314 g/mol. The van der Waals surface area contributed by atoms with E-state index in [0.717, 1.165) is 35.5 Å². The molecule has 0 saturated carbocycles. The number of hydrogen-bond acceptors (Lipinski definition) is 3. The highest BCUT2D eigenvalue weighted by molar-refractivity contribution is 5.30. The fourth-order valence-electron chi connectivity index (χ4n) is 2.95. The maximum Gasteiger partial charge on any atom is 0.118 e. The first-order valence-corrected chi connectivity index (χ1v) is 8.07. The molecule has 23 heavy (non-hydrogen) atoms. The molecule has 2 aromatic rings. The highest BCUT2D eigenvalue weighted by Gasteiger charge is 2.26. The second-order valence-electron chi connectivity index (χ2n) is 6.02. The topological polar surface area (TPSA) is 38.7 Å². The largest absolute Gasteiger partial charge is 0.497 e. The summed E-state index contributed by atoms with van der Waals surface area (Å²) >= 11 is 0. The second kappa shape index (κ2) is 8.02. The fourth-order valence-corrected chi connectivity index (χ4v) is 2.95. The van der Waals surface area contributed by atoms with Crippen molar-refractivity contribution < 1.29 is 14.6 Å². The van der Waals surface area contributed by atoms with Crippen LogP contribution in [0.5, 0.6) is 11.5 Å². The van der Waals surface area contributed by atoms with Crippen molar-refractivity contribution in [3.63, 3.8) is 0 Å². The Bertz CT molecular complexity index is 538. The first-order chi connectivity index (χ1) is 11.1. The molecule has 0 atom stereocenters. The van der Waals surface area contributed by atoms with Gasteiger partial charge in [0.25, 0.3) is 0 Å². The molecular formula is C20H26O3. The summed E-state index contributed by atoms with van der Waals surface area (Å²) in [4.78, 5) is 0. The van der Waals surface area contributed by atoms with E-state index in [0.29, 0.717) is 12.8 Å². The molecule has 0 aliphatic carbocycles. The molecule has 124 valence electrons. The van der Waals surface area contributed by atoms with Crippen molar-refractivity contribution in [1.29, 1.82) is 0 Å². The Morgan fingerprint density at radius 1 is 0.783 bits per heavy atom. The summed E-state index contributed by atoms with van der Waals surface area (Å²) < 4.78 is 10.4. The van der Waals surface area contributed by atoms with E-state index < -0.39 is 5.60 Å². The van der Waals surface area contributed by atoms with Crippen LogP contribution in [0.25, 0.3) is 0 Å². The smallest absolute Gasteiger partial charge is 0.118 e. The Labute approximate surface area is 138 Å². The van der Waals surface area contributed by atoms with Crippen molar-refractivity contribution in [1.82, 2.24) is 0 Å². The highest BCUT2D eigenvalue weighted by atomic mass is 16.5. The molecule has 3 nitrogen and oxygen atoms in total. The van der Waals surface area contributed by atoms with Crippen LogP contribution in [0.4, 0.5) is 0 Å². The standard InChI is InChI=1S/C20H26O3/c1-4-13-20(21,14-16-5-9-18(22-2)10-6-16)15-17-7-11-19(23-3)12-8-17/h5-12,21H,4,13-15H2,1-3H3. The van der Waals surface area contributed by atoms with Crippen LogP contribution in [0.2, 0.25) is 0 Å². The van der Waals surface area contributed by atoms with Crippen LogP contribution in [-0.4, -0.2) is 24.9 Å². The lowest BCUT2D eigenvalue weighted by atomic mass is 9.84. The van der Waals surface area contributed by atoms with E-state index in [-0.39, 0.29) is 0 Å². The molecule has 0 unspecified atom stereocenters. The predicted octanol–water partition coefficient (Wildman–Crippen LogP) is 4.02. The molecule has 0 amide bonds. The number of aliphatic hydroxyl groups is 1. The van der Waals surface area contributed by atoms with E-state index in [9.17, 15) is 5.11 Å². The van der Waals surface area contributed by atoms with Crippen LogP contribution in [0.15, 0.2) is 48.5 Å². The third-order valence-corrected chi connectivity index (χ3v) is 4.10. The number of hydrogen-bond donors (Lipinski definition) is 1. The number of rotatable bonds is 8. The summed E-state index contributed by atoms with van der Waals surface area (Å²) in [7, 11) is 3.32. The van der Waals surface area contributed by atoms with Gasteiger partial charge in [0.05, 0.1) is 19.8 Å². The monoisotopic (exact) mass is 314 g/mol. The summed E-state index contributed by atoms with van der Waals surface area (Å²) in [5, 5.41) is 11.1. The maximum atomic E-state index is 11.1. The van der Waals surface area contributed by atoms with Crippen molar-refractivity contribution >= 4 is 0 Å². The molecule has 0 saturated heterocycles. The van der Waals surface area contributed by atoms with Gasteiger partial charge in [-0.25, -0.2) is 0 Å². The van der Waals surface area contributed by atoms with Crippen LogP contribution < -0.4 is 9.47 Å². The van der Waals surface area contributed by atoms with Gasteiger partial charge in [-0.2, -0.15) is 0 Å². The second-order valence-corrected chi connectivity index (χ2v) is 6.02. The minimum absolute atomic E-state index is 0.636. The number of methoxy groups -OCH3 is 2. The Hall–Kier alpha value is -2.00. The van der Waals surface area contributed by atoms with Crippen molar-refractivity contribution in [2.24, 2.45) is 0 Å². The molecule has 0 heterocycles. The van der Waals surface area contributed by atoms with Crippen LogP contribution in [0, 0.1) is 0 Å². The number of ether oxygens (including phenoxy) is 2. The Kier molecular flexibility index (Phi) is 6.05. The van der Waals surface area contributed by atoms with Crippen molar-refractivity contribution in [2.75, 3.05) is 14.2 Å². The maximum absolute atomic E-state index is 11.1. The Balaban J connectivity index is 2.12. The Morgan fingerprint density at radius 3 is 1.48 bits per heavy atom. The SMILES string of the molecule is CCCC(O)(Cc1ccc(OC)cc1)Cc1ccc(OC)cc1. The molecule has 0 fully saturated rings. The van der Waals surface area contributed by atoms with Gasteiger partial charge in [0, 0.05) is 12.8 Å². The van der Waals surface area contributed by atoms with Crippen molar-refractivity contribution in [3.05, 3.63) is 59.7 Å². The summed E-state index contributed by atoms with van der Waals surface area (Å²) in [5.41, 5.74) is 1.50. The zero-order chi connectivity index (χ0) is 16.7. The third-order valence-electron chi connectivity index (χ3n) is 4.10. The van der Waals surface area contributed by atoms with Gasteiger partial charge < -0.3 is 14.6 Å². The van der Waals surface area contributed by atoms with E-state index in [2.05, 4.69) is 6.92 Å². The minimum atomic E-state index is -0.738. The van der Waals surface area contributed by atoms with Crippen molar-refractivity contribution in [2.45, 2.75) is 38.2 Å². The molecule has 0 aromatic heterocycles. The third kappa shape index (κ3) is 5.00. The lowest BCUT2D eigenvalue weighted by Gasteiger charge is -2.28. The summed E-state index contributed by atoms with van der Waals surface area (Å²) in [5.74, 6) is 1.67. The van der Waals surface area contributed by atoms with Gasteiger partial charge in [-0.15, -0.1) is 0 Å². The molecule has 2 rings (SSSR count). The van der Waals surface area contributed by atoms with Crippen LogP contribution in [0.1, 0.15) is 30.9 Å². The van der Waals surface area contributed by atoms with E-state index in [1.807, 2.05) is 48.5 Å². The van der Waals surface area contributed by atoms with Gasteiger partial charge in [-0.05, 0) is 41.8 Å². The molecule has 0 bridgehead atoms. The van der Waals surface area contributed by atoms with Crippen LogP contribution >= 0.6 is 0 Å². The van der Waals surface area contributed by atoms with E-state index >= 15 is 0 Å². The molecular weight excluding hydrogens is 288 g/mol. The van der Waals surface area contributed by atoms with Crippen LogP contribution in [-0.2, 0) is 12.8 Å². The highest BCUT2D eigenvalue weighted by Crippen LogP contribution is 2.26. The predicted molar refractivity (Wildman–Crippen MR) is 93.3 cm³/mol. The first kappa shape index (κ1) is 17.4. The average Bonchev–Trinajstić information content (AvgIpc) is 2.56. The zero-order valence-corrected chi connectivity index (χ0v) is 14.2. The quantitative estimate of drug-likeness (QED) is 0.800. The molecule has 2 aromatic carbocycles. The van der Waals surface area contributed by atoms with Gasteiger partial charge in [-0.1, -0.05) is 37.6 Å². The molecule has 0 radical (unpaired) electrons. The lowest BCUT2D eigenvalue weighted by Crippen LogP contribution is -2.34. The van der Waals surface area contributed by atoms with E-state index in [1.54, 1.807) is 14.2 Å². The molecule has 0 aliphatic rings. The van der Waals surface area contributed by atoms with E-state index in [4.69, 9.17) is 9.47 Å². The molecule has 0 spiro atoms. The zero-order valence-electron chi connectivity index (χ0n) is 14.2. The Morgan fingerprint density at radius 2 is 1.17 bits per heavy atom. The summed E-state index contributed by atoms with van der Waals surface area (Å²) in [6.45, 7) is 2.10. The lowest BCUT2D eigenvalue weighted by molar-refractivity contribution is 0.0312. The summed E-state index contributed by atoms with van der Waals surface area (Å²) in [6.07, 6.45) is 2.99. The van der Waals surface area contributed by atoms with Gasteiger partial charge in [-0.3, -0.25) is 0 Å².